The predicted octanol–water partition coefficient (Wildman–Crippen LogP) is 4.35. The number of aryl methyl sites for hydroxylation is 1. The normalized spacial score (nSPS) is 10.1. The minimum Gasteiger partial charge on any atom is -0.478 e. The number of hydrogen-bond acceptors (Lipinski definition) is 3. The van der Waals surface area contributed by atoms with Crippen molar-refractivity contribution in [3.05, 3.63) is 62.0 Å². The van der Waals surface area contributed by atoms with E-state index in [9.17, 15) is 14.7 Å². The number of carbonyl (C=O) groups is 2. The first-order chi connectivity index (χ1) is 11.3. The smallest absolute Gasteiger partial charge is 0.337 e. The second-order valence-corrected chi connectivity index (χ2v) is 7.07. The van der Waals surface area contributed by atoms with Crippen molar-refractivity contribution in [2.24, 2.45) is 0 Å². The Morgan fingerprint density at radius 3 is 2.33 bits per heavy atom. The molecule has 0 fully saturated rings. The predicted molar refractivity (Wildman–Crippen MR) is 104 cm³/mol. The lowest BCUT2D eigenvalue weighted by atomic mass is 10.1. The molecule has 2 aromatic rings. The number of halogens is 2. The van der Waals surface area contributed by atoms with Crippen LogP contribution in [-0.2, 0) is 0 Å². The van der Waals surface area contributed by atoms with Gasteiger partial charge in [-0.05, 0) is 59.3 Å². The lowest BCUT2D eigenvalue weighted by Gasteiger charge is -2.14. The van der Waals surface area contributed by atoms with Crippen molar-refractivity contribution in [3.63, 3.8) is 0 Å². The van der Waals surface area contributed by atoms with Gasteiger partial charge in [0.15, 0.2) is 5.11 Å². The van der Waals surface area contributed by atoms with Crippen molar-refractivity contribution >= 4 is 66.8 Å². The number of carboxylic acids is 1. The topological polar surface area (TPSA) is 78.4 Å². The molecule has 0 saturated heterocycles. The zero-order valence-electron chi connectivity index (χ0n) is 12.4. The molecule has 0 aliphatic heterocycles. The highest BCUT2D eigenvalue weighted by Crippen LogP contribution is 2.30. The maximum Gasteiger partial charge on any atom is 0.337 e. The molecule has 0 spiro atoms. The standard InChI is InChI=1S/C16H12Br2N2O3S/c1-8-2-4-9(5-3-8)14(21)20-16(24)19-13-11(15(22)23)6-10(17)7-12(13)18/h2-7H,1H3,(H,22,23)(H2,19,20,21,24). The minimum atomic E-state index is -1.12. The van der Waals surface area contributed by atoms with Crippen LogP contribution in [0.15, 0.2) is 45.3 Å². The van der Waals surface area contributed by atoms with Crippen molar-refractivity contribution in [2.75, 3.05) is 5.32 Å². The monoisotopic (exact) mass is 470 g/mol. The van der Waals surface area contributed by atoms with E-state index in [1.54, 1.807) is 18.2 Å². The van der Waals surface area contributed by atoms with Crippen molar-refractivity contribution in [2.45, 2.75) is 6.92 Å². The molecule has 2 aromatic carbocycles. The first kappa shape index (κ1) is 18.6. The Kier molecular flexibility index (Phi) is 6.09. The van der Waals surface area contributed by atoms with Crippen LogP contribution in [0.1, 0.15) is 26.3 Å². The van der Waals surface area contributed by atoms with E-state index in [1.165, 1.54) is 6.07 Å². The first-order valence-corrected chi connectivity index (χ1v) is 8.68. The van der Waals surface area contributed by atoms with E-state index in [-0.39, 0.29) is 22.3 Å². The highest BCUT2D eigenvalue weighted by molar-refractivity contribution is 9.11. The molecular formula is C16H12Br2N2O3S. The van der Waals surface area contributed by atoms with E-state index in [4.69, 9.17) is 12.2 Å². The van der Waals surface area contributed by atoms with Gasteiger partial charge in [0.2, 0.25) is 0 Å². The second kappa shape index (κ2) is 7.87. The van der Waals surface area contributed by atoms with Gasteiger partial charge in [0.05, 0.1) is 11.3 Å². The van der Waals surface area contributed by atoms with Crippen LogP contribution in [0.2, 0.25) is 0 Å². The van der Waals surface area contributed by atoms with Crippen molar-refractivity contribution < 1.29 is 14.7 Å². The number of rotatable bonds is 3. The first-order valence-electron chi connectivity index (χ1n) is 6.69. The second-order valence-electron chi connectivity index (χ2n) is 4.89. The van der Waals surface area contributed by atoms with Crippen LogP contribution in [0.25, 0.3) is 0 Å². The van der Waals surface area contributed by atoms with Gasteiger partial charge in [0, 0.05) is 14.5 Å². The van der Waals surface area contributed by atoms with Crippen LogP contribution in [0.4, 0.5) is 5.69 Å². The van der Waals surface area contributed by atoms with Crippen LogP contribution in [0, 0.1) is 6.92 Å². The van der Waals surface area contributed by atoms with Crippen LogP contribution >= 0.6 is 44.1 Å². The third kappa shape index (κ3) is 4.62. The molecular weight excluding hydrogens is 460 g/mol. The molecule has 0 saturated carbocycles. The van der Waals surface area contributed by atoms with Gasteiger partial charge < -0.3 is 10.4 Å². The number of nitrogens with one attached hydrogen (secondary N) is 2. The van der Waals surface area contributed by atoms with Crippen LogP contribution in [0.5, 0.6) is 0 Å². The molecule has 0 aliphatic rings. The average molecular weight is 472 g/mol. The third-order valence-corrected chi connectivity index (χ3v) is 4.35. The Labute approximate surface area is 160 Å². The van der Waals surface area contributed by atoms with Crippen LogP contribution in [-0.4, -0.2) is 22.1 Å². The number of carbonyl (C=O) groups excluding carboxylic acids is 1. The van der Waals surface area contributed by atoms with E-state index in [0.717, 1.165) is 5.56 Å². The largest absolute Gasteiger partial charge is 0.478 e. The third-order valence-electron chi connectivity index (χ3n) is 3.06. The summed E-state index contributed by atoms with van der Waals surface area (Å²) in [5.41, 5.74) is 1.78. The zero-order valence-corrected chi connectivity index (χ0v) is 16.4. The maximum atomic E-state index is 12.1. The molecule has 2 rings (SSSR count). The van der Waals surface area contributed by atoms with Crippen molar-refractivity contribution in [1.29, 1.82) is 0 Å². The summed E-state index contributed by atoms with van der Waals surface area (Å²) >= 11 is 11.6. The summed E-state index contributed by atoms with van der Waals surface area (Å²) in [4.78, 5) is 23.5. The number of benzene rings is 2. The Morgan fingerprint density at radius 1 is 1.12 bits per heavy atom. The van der Waals surface area contributed by atoms with Gasteiger partial charge in [0.1, 0.15) is 0 Å². The molecule has 8 heteroatoms. The number of thiocarbonyl (C=S) groups is 1. The quantitative estimate of drug-likeness (QED) is 0.580. The Hall–Kier alpha value is -1.77. The molecule has 124 valence electrons. The van der Waals surface area contributed by atoms with Gasteiger partial charge >= 0.3 is 5.97 Å². The highest BCUT2D eigenvalue weighted by Gasteiger charge is 2.17. The molecule has 0 aliphatic carbocycles. The van der Waals surface area contributed by atoms with E-state index in [0.29, 0.717) is 14.5 Å². The molecule has 0 radical (unpaired) electrons. The van der Waals surface area contributed by atoms with Crippen molar-refractivity contribution in [3.8, 4) is 0 Å². The molecule has 24 heavy (non-hydrogen) atoms. The van der Waals surface area contributed by atoms with Gasteiger partial charge in [-0.3, -0.25) is 10.1 Å². The Balaban J connectivity index is 2.17. The minimum absolute atomic E-state index is 0.00565. The molecule has 0 aromatic heterocycles. The molecule has 0 bridgehead atoms. The molecule has 0 atom stereocenters. The van der Waals surface area contributed by atoms with Gasteiger partial charge in [-0.25, -0.2) is 4.79 Å². The fourth-order valence-corrected chi connectivity index (χ4v) is 3.41. The highest BCUT2D eigenvalue weighted by atomic mass is 79.9. The Bertz CT molecular complexity index is 823. The molecule has 5 nitrogen and oxygen atoms in total. The molecule has 3 N–H and O–H groups in total. The van der Waals surface area contributed by atoms with E-state index >= 15 is 0 Å². The summed E-state index contributed by atoms with van der Waals surface area (Å²) in [7, 11) is 0. The number of hydrogen-bond donors (Lipinski definition) is 3. The van der Waals surface area contributed by atoms with Crippen LogP contribution in [0.3, 0.4) is 0 Å². The molecule has 0 heterocycles. The van der Waals surface area contributed by atoms with E-state index in [2.05, 4.69) is 42.5 Å². The van der Waals surface area contributed by atoms with Crippen molar-refractivity contribution in [1.82, 2.24) is 5.32 Å². The van der Waals surface area contributed by atoms with Gasteiger partial charge in [-0.1, -0.05) is 33.6 Å². The fraction of sp³-hybridized carbons (Fsp3) is 0.0625. The summed E-state index contributed by atoms with van der Waals surface area (Å²) < 4.78 is 1.10. The summed E-state index contributed by atoms with van der Waals surface area (Å²) in [5, 5.41) is 14.6. The fourth-order valence-electron chi connectivity index (χ4n) is 1.89. The molecule has 0 unspecified atom stereocenters. The summed E-state index contributed by atoms with van der Waals surface area (Å²) in [6.07, 6.45) is 0. The molecule has 1 amide bonds. The summed E-state index contributed by atoms with van der Waals surface area (Å²) in [6, 6.07) is 10.1. The van der Waals surface area contributed by atoms with E-state index < -0.39 is 5.97 Å². The van der Waals surface area contributed by atoms with Gasteiger partial charge in [-0.15, -0.1) is 0 Å². The summed E-state index contributed by atoms with van der Waals surface area (Å²) in [6.45, 7) is 1.92. The van der Waals surface area contributed by atoms with Crippen LogP contribution < -0.4 is 10.6 Å². The maximum absolute atomic E-state index is 12.1. The SMILES string of the molecule is Cc1ccc(C(=O)NC(=S)Nc2c(Br)cc(Br)cc2C(=O)O)cc1. The lowest BCUT2D eigenvalue weighted by Crippen LogP contribution is -2.34. The lowest BCUT2D eigenvalue weighted by molar-refractivity contribution is 0.0697. The van der Waals surface area contributed by atoms with E-state index in [1.807, 2.05) is 19.1 Å². The number of anilines is 1. The van der Waals surface area contributed by atoms with Gasteiger partial charge in [0.25, 0.3) is 5.91 Å². The zero-order chi connectivity index (χ0) is 17.9. The Morgan fingerprint density at radius 2 is 1.75 bits per heavy atom. The average Bonchev–Trinajstić information content (AvgIpc) is 2.50. The van der Waals surface area contributed by atoms with Gasteiger partial charge in [-0.2, -0.15) is 0 Å². The summed E-state index contributed by atoms with van der Waals surface area (Å²) in [5.74, 6) is -1.50. The number of amides is 1. The number of carboxylic acid groups (broad SMARTS) is 1. The number of aromatic carboxylic acids is 1.